The predicted octanol–water partition coefficient (Wildman–Crippen LogP) is 1.25. The summed E-state index contributed by atoms with van der Waals surface area (Å²) in [5.74, 6) is -0.269. The number of benzene rings is 1. The van der Waals surface area contributed by atoms with Crippen molar-refractivity contribution in [2.45, 2.75) is 20.0 Å². The fourth-order valence-electron chi connectivity index (χ4n) is 2.33. The highest BCUT2D eigenvalue weighted by Gasteiger charge is 2.11. The SMILES string of the molecule is CCN(Cc1cccc(F)c1)Cc1cc(=O)n(C)c(=O)n1C. The fourth-order valence-corrected chi connectivity index (χ4v) is 2.33. The zero-order valence-electron chi connectivity index (χ0n) is 13.0. The van der Waals surface area contributed by atoms with Crippen LogP contribution < -0.4 is 11.2 Å². The van der Waals surface area contributed by atoms with Crippen molar-refractivity contribution < 1.29 is 4.39 Å². The van der Waals surface area contributed by atoms with Crippen LogP contribution >= 0.6 is 0 Å². The molecule has 0 atom stereocenters. The first-order valence-electron chi connectivity index (χ1n) is 7.15. The number of nitrogens with zero attached hydrogens (tertiary/aromatic N) is 3. The van der Waals surface area contributed by atoms with Crippen molar-refractivity contribution in [3.8, 4) is 0 Å². The van der Waals surface area contributed by atoms with Gasteiger partial charge in [0.2, 0.25) is 0 Å². The van der Waals surface area contributed by atoms with Gasteiger partial charge in [0, 0.05) is 38.9 Å². The van der Waals surface area contributed by atoms with Gasteiger partial charge in [-0.1, -0.05) is 19.1 Å². The number of hydrogen-bond acceptors (Lipinski definition) is 3. The van der Waals surface area contributed by atoms with E-state index in [9.17, 15) is 14.0 Å². The Labute approximate surface area is 128 Å². The normalized spacial score (nSPS) is 11.1. The van der Waals surface area contributed by atoms with Crippen LogP contribution in [-0.2, 0) is 27.2 Å². The molecule has 1 aromatic carbocycles. The zero-order chi connectivity index (χ0) is 16.3. The molecule has 2 aromatic rings. The maximum atomic E-state index is 13.3. The third-order valence-corrected chi connectivity index (χ3v) is 3.75. The molecular weight excluding hydrogens is 285 g/mol. The van der Waals surface area contributed by atoms with E-state index in [2.05, 4.69) is 0 Å². The third kappa shape index (κ3) is 3.51. The van der Waals surface area contributed by atoms with Crippen LogP contribution in [0, 0.1) is 5.82 Å². The Morgan fingerprint density at radius 1 is 1.09 bits per heavy atom. The lowest BCUT2D eigenvalue weighted by molar-refractivity contribution is 0.263. The first-order valence-corrected chi connectivity index (χ1v) is 7.15. The number of aromatic nitrogens is 2. The van der Waals surface area contributed by atoms with E-state index in [1.165, 1.54) is 29.8 Å². The van der Waals surface area contributed by atoms with Gasteiger partial charge in [-0.15, -0.1) is 0 Å². The Hall–Kier alpha value is -2.21. The van der Waals surface area contributed by atoms with Crippen LogP contribution in [0.15, 0.2) is 39.9 Å². The molecule has 0 bridgehead atoms. The molecular formula is C16H20FN3O2. The zero-order valence-corrected chi connectivity index (χ0v) is 13.0. The molecule has 0 saturated heterocycles. The summed E-state index contributed by atoms with van der Waals surface area (Å²) in [6, 6.07) is 7.90. The van der Waals surface area contributed by atoms with Gasteiger partial charge in [-0.25, -0.2) is 9.18 Å². The minimum Gasteiger partial charge on any atom is -0.299 e. The highest BCUT2D eigenvalue weighted by atomic mass is 19.1. The minimum atomic E-state index is -0.343. The average molecular weight is 305 g/mol. The van der Waals surface area contributed by atoms with E-state index >= 15 is 0 Å². The molecule has 0 fully saturated rings. The second-order valence-corrected chi connectivity index (χ2v) is 5.31. The first kappa shape index (κ1) is 16.2. The Morgan fingerprint density at radius 2 is 1.82 bits per heavy atom. The van der Waals surface area contributed by atoms with Crippen molar-refractivity contribution in [1.29, 1.82) is 0 Å². The molecule has 22 heavy (non-hydrogen) atoms. The van der Waals surface area contributed by atoms with Gasteiger partial charge in [-0.2, -0.15) is 0 Å². The standard InChI is InChI=1S/C16H20FN3O2/c1-4-20(10-12-6-5-7-13(17)8-12)11-14-9-15(21)19(3)16(22)18(14)2/h5-9H,4,10-11H2,1-3H3. The molecule has 0 aliphatic heterocycles. The van der Waals surface area contributed by atoms with Gasteiger partial charge in [-0.05, 0) is 24.2 Å². The lowest BCUT2D eigenvalue weighted by Crippen LogP contribution is -2.39. The van der Waals surface area contributed by atoms with Gasteiger partial charge >= 0.3 is 5.69 Å². The largest absolute Gasteiger partial charge is 0.330 e. The second-order valence-electron chi connectivity index (χ2n) is 5.31. The summed E-state index contributed by atoms with van der Waals surface area (Å²) in [4.78, 5) is 25.8. The van der Waals surface area contributed by atoms with E-state index < -0.39 is 0 Å². The van der Waals surface area contributed by atoms with E-state index in [0.717, 1.165) is 16.7 Å². The van der Waals surface area contributed by atoms with Crippen molar-refractivity contribution >= 4 is 0 Å². The van der Waals surface area contributed by atoms with E-state index in [1.807, 2.05) is 17.9 Å². The maximum Gasteiger partial charge on any atom is 0.330 e. The molecule has 5 nitrogen and oxygen atoms in total. The number of hydrogen-bond donors (Lipinski definition) is 0. The van der Waals surface area contributed by atoms with E-state index in [-0.39, 0.29) is 17.1 Å². The van der Waals surface area contributed by atoms with Crippen LogP contribution in [0.2, 0.25) is 0 Å². The van der Waals surface area contributed by atoms with Gasteiger partial charge in [0.1, 0.15) is 5.82 Å². The van der Waals surface area contributed by atoms with Crippen LogP contribution in [0.4, 0.5) is 4.39 Å². The summed E-state index contributed by atoms with van der Waals surface area (Å²) < 4.78 is 15.8. The Balaban J connectivity index is 2.24. The van der Waals surface area contributed by atoms with E-state index in [0.29, 0.717) is 18.8 Å². The van der Waals surface area contributed by atoms with Gasteiger partial charge in [0.25, 0.3) is 5.56 Å². The van der Waals surface area contributed by atoms with E-state index in [4.69, 9.17) is 0 Å². The van der Waals surface area contributed by atoms with Crippen molar-refractivity contribution in [2.75, 3.05) is 6.54 Å². The Bertz CT molecular complexity index is 780. The smallest absolute Gasteiger partial charge is 0.299 e. The molecule has 1 heterocycles. The van der Waals surface area contributed by atoms with Gasteiger partial charge in [0.15, 0.2) is 0 Å². The fraction of sp³-hybridized carbons (Fsp3) is 0.375. The molecule has 118 valence electrons. The summed E-state index contributed by atoms with van der Waals surface area (Å²) in [6.07, 6.45) is 0. The quantitative estimate of drug-likeness (QED) is 0.835. The van der Waals surface area contributed by atoms with Gasteiger partial charge in [0.05, 0.1) is 0 Å². The Morgan fingerprint density at radius 3 is 2.45 bits per heavy atom. The molecule has 2 rings (SSSR count). The summed E-state index contributed by atoms with van der Waals surface area (Å²) >= 11 is 0. The minimum absolute atomic E-state index is 0.269. The number of halogens is 1. The van der Waals surface area contributed by atoms with Crippen LogP contribution in [0.5, 0.6) is 0 Å². The van der Waals surface area contributed by atoms with Crippen molar-refractivity contribution in [3.63, 3.8) is 0 Å². The van der Waals surface area contributed by atoms with Crippen molar-refractivity contribution in [3.05, 3.63) is 68.2 Å². The van der Waals surface area contributed by atoms with Crippen molar-refractivity contribution in [2.24, 2.45) is 14.1 Å². The molecule has 0 aliphatic carbocycles. The molecule has 0 radical (unpaired) electrons. The highest BCUT2D eigenvalue weighted by Crippen LogP contribution is 2.09. The maximum absolute atomic E-state index is 13.3. The lowest BCUT2D eigenvalue weighted by atomic mass is 10.2. The molecule has 0 N–H and O–H groups in total. The average Bonchev–Trinajstić information content (AvgIpc) is 2.49. The van der Waals surface area contributed by atoms with Crippen LogP contribution in [0.25, 0.3) is 0 Å². The second kappa shape index (κ2) is 6.70. The molecule has 1 aromatic heterocycles. The summed E-state index contributed by atoms with van der Waals surface area (Å²) in [6.45, 7) is 3.71. The van der Waals surface area contributed by atoms with Crippen LogP contribution in [0.3, 0.4) is 0 Å². The van der Waals surface area contributed by atoms with E-state index in [1.54, 1.807) is 13.1 Å². The van der Waals surface area contributed by atoms with Crippen LogP contribution in [-0.4, -0.2) is 20.6 Å². The first-order chi connectivity index (χ1) is 10.4. The number of rotatable bonds is 5. The molecule has 0 saturated carbocycles. The van der Waals surface area contributed by atoms with Crippen LogP contribution in [0.1, 0.15) is 18.2 Å². The van der Waals surface area contributed by atoms with Gasteiger partial charge < -0.3 is 0 Å². The molecule has 6 heteroatoms. The van der Waals surface area contributed by atoms with Crippen molar-refractivity contribution in [1.82, 2.24) is 14.0 Å². The van der Waals surface area contributed by atoms with Gasteiger partial charge in [-0.3, -0.25) is 18.8 Å². The molecule has 0 aliphatic rings. The molecule has 0 unspecified atom stereocenters. The predicted molar refractivity (Wildman–Crippen MR) is 83.1 cm³/mol. The molecule has 0 spiro atoms. The topological polar surface area (TPSA) is 47.2 Å². The molecule has 0 amide bonds. The highest BCUT2D eigenvalue weighted by molar-refractivity contribution is 5.16. The lowest BCUT2D eigenvalue weighted by Gasteiger charge is -2.22. The third-order valence-electron chi connectivity index (χ3n) is 3.75. The summed E-state index contributed by atoms with van der Waals surface area (Å²) in [5, 5.41) is 0. The summed E-state index contributed by atoms with van der Waals surface area (Å²) in [7, 11) is 3.10. The summed E-state index contributed by atoms with van der Waals surface area (Å²) in [5.41, 5.74) is 0.839. The monoisotopic (exact) mass is 305 g/mol. The Kier molecular flexibility index (Phi) is 4.92.